The Morgan fingerprint density at radius 3 is 2.62 bits per heavy atom. The number of hydrogen-bond acceptors (Lipinski definition) is 5. The van der Waals surface area contributed by atoms with Crippen molar-refractivity contribution in [3.63, 3.8) is 0 Å². The van der Waals surface area contributed by atoms with Crippen molar-refractivity contribution < 1.29 is 24.2 Å². The SMILES string of the molecule is CC(C)(CNC(=O)NC(=O)COCC(=O)O)c1cccs1. The van der Waals surface area contributed by atoms with Gasteiger partial charge in [0.1, 0.15) is 13.2 Å². The summed E-state index contributed by atoms with van der Waals surface area (Å²) in [5.41, 5.74) is -0.242. The van der Waals surface area contributed by atoms with Crippen molar-refractivity contribution in [2.24, 2.45) is 0 Å². The van der Waals surface area contributed by atoms with Crippen LogP contribution in [0.3, 0.4) is 0 Å². The number of carboxylic acid groups (broad SMARTS) is 1. The van der Waals surface area contributed by atoms with Gasteiger partial charge in [-0.25, -0.2) is 9.59 Å². The highest BCUT2D eigenvalue weighted by Gasteiger charge is 2.22. The predicted molar refractivity (Wildman–Crippen MR) is 77.3 cm³/mol. The van der Waals surface area contributed by atoms with E-state index in [9.17, 15) is 14.4 Å². The largest absolute Gasteiger partial charge is 0.480 e. The van der Waals surface area contributed by atoms with Crippen LogP contribution in [0.5, 0.6) is 0 Å². The zero-order valence-electron chi connectivity index (χ0n) is 11.8. The first-order valence-corrected chi connectivity index (χ1v) is 7.10. The van der Waals surface area contributed by atoms with Gasteiger partial charge < -0.3 is 15.2 Å². The van der Waals surface area contributed by atoms with Gasteiger partial charge in [0.2, 0.25) is 0 Å². The van der Waals surface area contributed by atoms with E-state index < -0.39 is 31.1 Å². The van der Waals surface area contributed by atoms with E-state index in [1.807, 2.05) is 31.4 Å². The minimum Gasteiger partial charge on any atom is -0.480 e. The summed E-state index contributed by atoms with van der Waals surface area (Å²) >= 11 is 1.59. The zero-order valence-corrected chi connectivity index (χ0v) is 12.7. The van der Waals surface area contributed by atoms with Crippen LogP contribution in [0, 0.1) is 0 Å². The molecule has 3 amide bonds. The van der Waals surface area contributed by atoms with Crippen LogP contribution >= 0.6 is 11.3 Å². The first-order valence-electron chi connectivity index (χ1n) is 6.22. The maximum absolute atomic E-state index is 11.6. The second-order valence-corrected chi connectivity index (χ2v) is 5.93. The Hall–Kier alpha value is -1.93. The molecule has 0 fully saturated rings. The lowest BCUT2D eigenvalue weighted by molar-refractivity contribution is -0.143. The molecule has 7 nitrogen and oxygen atoms in total. The molecule has 116 valence electrons. The van der Waals surface area contributed by atoms with E-state index in [-0.39, 0.29) is 5.41 Å². The maximum Gasteiger partial charge on any atom is 0.329 e. The van der Waals surface area contributed by atoms with Gasteiger partial charge in [0.15, 0.2) is 0 Å². The lowest BCUT2D eigenvalue weighted by atomic mass is 9.91. The zero-order chi connectivity index (χ0) is 15.9. The summed E-state index contributed by atoms with van der Waals surface area (Å²) in [4.78, 5) is 34.2. The number of imide groups is 1. The monoisotopic (exact) mass is 314 g/mol. The number of carboxylic acids is 1. The number of aliphatic carboxylic acids is 1. The van der Waals surface area contributed by atoms with Crippen LogP contribution in [0.25, 0.3) is 0 Å². The molecular weight excluding hydrogens is 296 g/mol. The molecule has 1 aromatic heterocycles. The number of hydrogen-bond donors (Lipinski definition) is 3. The van der Waals surface area contributed by atoms with Crippen LogP contribution < -0.4 is 10.6 Å². The van der Waals surface area contributed by atoms with Crippen molar-refractivity contribution >= 4 is 29.2 Å². The first-order chi connectivity index (χ1) is 9.81. The number of carbonyl (C=O) groups excluding carboxylic acids is 2. The lowest BCUT2D eigenvalue weighted by Crippen LogP contribution is -2.45. The van der Waals surface area contributed by atoms with Gasteiger partial charge in [-0.05, 0) is 11.4 Å². The highest BCUT2D eigenvalue weighted by molar-refractivity contribution is 7.10. The molecule has 8 heteroatoms. The summed E-state index contributed by atoms with van der Waals surface area (Å²) in [5.74, 6) is -1.87. The highest BCUT2D eigenvalue weighted by atomic mass is 32.1. The molecule has 0 saturated carbocycles. The number of nitrogens with one attached hydrogen (secondary N) is 2. The number of ether oxygens (including phenoxy) is 1. The van der Waals surface area contributed by atoms with Crippen LogP contribution in [0.2, 0.25) is 0 Å². The lowest BCUT2D eigenvalue weighted by Gasteiger charge is -2.23. The number of rotatable bonds is 7. The average Bonchev–Trinajstić information content (AvgIpc) is 2.90. The smallest absolute Gasteiger partial charge is 0.329 e. The van der Waals surface area contributed by atoms with Crippen molar-refractivity contribution in [3.05, 3.63) is 22.4 Å². The molecule has 1 heterocycles. The molecule has 3 N–H and O–H groups in total. The second kappa shape index (κ2) is 7.75. The number of amides is 3. The van der Waals surface area contributed by atoms with Crippen molar-refractivity contribution in [2.45, 2.75) is 19.3 Å². The Labute approximate surface area is 126 Å². The van der Waals surface area contributed by atoms with Gasteiger partial charge in [-0.3, -0.25) is 10.1 Å². The summed E-state index contributed by atoms with van der Waals surface area (Å²) in [6.07, 6.45) is 0. The third-order valence-corrected chi connectivity index (χ3v) is 3.83. The Morgan fingerprint density at radius 2 is 2.05 bits per heavy atom. The van der Waals surface area contributed by atoms with Crippen LogP contribution in [-0.4, -0.2) is 42.8 Å². The van der Waals surface area contributed by atoms with Crippen molar-refractivity contribution in [3.8, 4) is 0 Å². The van der Waals surface area contributed by atoms with Crippen LogP contribution in [0.4, 0.5) is 4.79 Å². The van der Waals surface area contributed by atoms with Crippen molar-refractivity contribution in [1.82, 2.24) is 10.6 Å². The standard InChI is InChI=1S/C13H18N2O5S/c1-13(2,9-4-3-5-21-9)8-14-12(19)15-10(16)6-20-7-11(17)18/h3-5H,6-8H2,1-2H3,(H,17,18)(H2,14,15,16,19). The maximum atomic E-state index is 11.6. The van der Waals surface area contributed by atoms with Crippen LogP contribution in [-0.2, 0) is 19.7 Å². The fraction of sp³-hybridized carbons (Fsp3) is 0.462. The molecule has 1 rings (SSSR count). The van der Waals surface area contributed by atoms with Gasteiger partial charge in [-0.1, -0.05) is 19.9 Å². The average molecular weight is 314 g/mol. The third kappa shape index (κ3) is 6.37. The summed E-state index contributed by atoms with van der Waals surface area (Å²) in [6, 6.07) is 3.28. The molecule has 0 radical (unpaired) electrons. The minimum atomic E-state index is -1.18. The first kappa shape index (κ1) is 17.1. The van der Waals surface area contributed by atoms with Crippen LogP contribution in [0.1, 0.15) is 18.7 Å². The molecule has 21 heavy (non-hydrogen) atoms. The van der Waals surface area contributed by atoms with Gasteiger partial charge in [0, 0.05) is 16.8 Å². The Bertz CT molecular complexity index is 499. The molecule has 0 unspecified atom stereocenters. The molecule has 0 bridgehead atoms. The summed E-state index contributed by atoms with van der Waals surface area (Å²) in [5, 5.41) is 15.0. The fourth-order valence-electron chi connectivity index (χ4n) is 1.49. The third-order valence-electron chi connectivity index (χ3n) is 2.59. The molecule has 0 aromatic carbocycles. The van der Waals surface area contributed by atoms with E-state index in [0.717, 1.165) is 4.88 Å². The Kier molecular flexibility index (Phi) is 6.32. The summed E-state index contributed by atoms with van der Waals surface area (Å²) in [6.45, 7) is 3.27. The second-order valence-electron chi connectivity index (χ2n) is 4.98. The van der Waals surface area contributed by atoms with Crippen LogP contribution in [0.15, 0.2) is 17.5 Å². The minimum absolute atomic E-state index is 0.242. The van der Waals surface area contributed by atoms with E-state index >= 15 is 0 Å². The molecule has 0 spiro atoms. The quantitative estimate of drug-likeness (QED) is 0.695. The Balaban J connectivity index is 2.30. The molecule has 0 aliphatic rings. The van der Waals surface area contributed by atoms with Gasteiger partial charge in [0.25, 0.3) is 5.91 Å². The molecule has 1 aromatic rings. The van der Waals surface area contributed by atoms with Gasteiger partial charge in [-0.2, -0.15) is 0 Å². The van der Waals surface area contributed by atoms with Gasteiger partial charge in [0.05, 0.1) is 0 Å². The molecular formula is C13H18N2O5S. The number of carbonyl (C=O) groups is 3. The predicted octanol–water partition coefficient (Wildman–Crippen LogP) is 0.953. The summed E-state index contributed by atoms with van der Waals surface area (Å²) in [7, 11) is 0. The summed E-state index contributed by atoms with van der Waals surface area (Å²) < 4.78 is 4.57. The Morgan fingerprint density at radius 1 is 1.33 bits per heavy atom. The molecule has 0 saturated heterocycles. The van der Waals surface area contributed by atoms with Gasteiger partial charge in [-0.15, -0.1) is 11.3 Å². The molecule has 0 aliphatic heterocycles. The van der Waals surface area contributed by atoms with E-state index in [0.29, 0.717) is 6.54 Å². The van der Waals surface area contributed by atoms with E-state index in [1.165, 1.54) is 0 Å². The normalized spacial score (nSPS) is 11.0. The molecule has 0 atom stereocenters. The van der Waals surface area contributed by atoms with E-state index in [4.69, 9.17) is 5.11 Å². The van der Waals surface area contributed by atoms with Gasteiger partial charge >= 0.3 is 12.0 Å². The molecule has 0 aliphatic carbocycles. The highest BCUT2D eigenvalue weighted by Crippen LogP contribution is 2.26. The number of thiophene rings is 1. The topological polar surface area (TPSA) is 105 Å². The van der Waals surface area contributed by atoms with E-state index in [2.05, 4.69) is 15.4 Å². The fourth-order valence-corrected chi connectivity index (χ4v) is 2.34. The van der Waals surface area contributed by atoms with E-state index in [1.54, 1.807) is 11.3 Å². The number of urea groups is 1. The van der Waals surface area contributed by atoms with Crippen molar-refractivity contribution in [1.29, 1.82) is 0 Å². The van der Waals surface area contributed by atoms with Crippen molar-refractivity contribution in [2.75, 3.05) is 19.8 Å².